The lowest BCUT2D eigenvalue weighted by molar-refractivity contribution is -0.659. The Morgan fingerprint density at radius 1 is 0.683 bits per heavy atom. The fourth-order valence-corrected chi connectivity index (χ4v) is 4.64. The van der Waals surface area contributed by atoms with Gasteiger partial charge in [-0.2, -0.15) is 0 Å². The lowest BCUT2D eigenvalue weighted by Gasteiger charge is -2.35. The van der Waals surface area contributed by atoms with Gasteiger partial charge in [-0.3, -0.25) is 0 Å². The number of imidazole rings is 2. The van der Waals surface area contributed by atoms with E-state index < -0.39 is 23.4 Å². The molecule has 4 heterocycles. The van der Waals surface area contributed by atoms with E-state index in [9.17, 15) is 19.2 Å². The molecule has 4 rings (SSSR count). The Kier molecular flexibility index (Phi) is 8.31. The molecule has 0 radical (unpaired) electrons. The van der Waals surface area contributed by atoms with Gasteiger partial charge in [0.15, 0.2) is 0 Å². The molecule has 0 spiro atoms. The third-order valence-electron chi connectivity index (χ3n) is 6.66. The second-order valence-corrected chi connectivity index (χ2v) is 12.2. The summed E-state index contributed by atoms with van der Waals surface area (Å²) >= 11 is 0. The molecule has 0 aromatic carbocycles. The van der Waals surface area contributed by atoms with Crippen molar-refractivity contribution >= 4 is 24.2 Å². The van der Waals surface area contributed by atoms with Gasteiger partial charge in [0.1, 0.15) is 23.6 Å². The van der Waals surface area contributed by atoms with E-state index in [1.807, 2.05) is 41.5 Å². The van der Waals surface area contributed by atoms with Crippen LogP contribution in [0.4, 0.5) is 19.2 Å². The van der Waals surface area contributed by atoms with E-state index in [0.29, 0.717) is 64.0 Å². The Morgan fingerprint density at radius 2 is 1.10 bits per heavy atom. The first-order chi connectivity index (χ1) is 19.1. The standard InChI is InChI=1S/C27H41N8O6/c1-26(2,3)40-24(38)32-15-11-30(12-16-32)22(36)34-9-8-28-20(34)21-29(7)10-19-35(21)23(37)31-13-17-33(18-14-31)25(39)41-27(4,5)6/h8-10,19H,11-18H2,1-7H3/q+1. The SMILES string of the molecule is C[n+]1ccn(C(=O)N2CCN(C(=O)OC(C)(C)C)CC2)c1-c1nccn1C(=O)N1CCN(C(=O)OC(C)(C)C)CC1. The Balaban J connectivity index is 1.44. The van der Waals surface area contributed by atoms with E-state index in [-0.39, 0.29) is 12.1 Å². The van der Waals surface area contributed by atoms with Crippen LogP contribution in [0.2, 0.25) is 0 Å². The molecular formula is C27H41N8O6+. The van der Waals surface area contributed by atoms with Gasteiger partial charge in [0, 0.05) is 64.8 Å². The van der Waals surface area contributed by atoms with E-state index in [1.165, 1.54) is 15.3 Å². The van der Waals surface area contributed by atoms with Crippen molar-refractivity contribution in [2.24, 2.45) is 7.05 Å². The summed E-state index contributed by atoms with van der Waals surface area (Å²) in [5.41, 5.74) is -1.19. The van der Waals surface area contributed by atoms with Gasteiger partial charge in [-0.15, -0.1) is 4.57 Å². The molecule has 14 nitrogen and oxygen atoms in total. The van der Waals surface area contributed by atoms with E-state index in [4.69, 9.17) is 9.47 Å². The minimum atomic E-state index is -0.594. The largest absolute Gasteiger partial charge is 0.444 e. The van der Waals surface area contributed by atoms with Crippen molar-refractivity contribution in [2.75, 3.05) is 52.4 Å². The van der Waals surface area contributed by atoms with Crippen LogP contribution in [0.1, 0.15) is 41.5 Å². The van der Waals surface area contributed by atoms with Crippen LogP contribution < -0.4 is 4.57 Å². The number of amides is 4. The molecule has 2 aromatic rings. The Hall–Kier alpha value is -4.10. The summed E-state index contributed by atoms with van der Waals surface area (Å²) < 4.78 is 15.5. The van der Waals surface area contributed by atoms with Crippen LogP contribution in [0.5, 0.6) is 0 Å². The Labute approximate surface area is 240 Å². The lowest BCUT2D eigenvalue weighted by Crippen LogP contribution is -2.53. The van der Waals surface area contributed by atoms with Gasteiger partial charge in [-0.25, -0.2) is 33.3 Å². The highest BCUT2D eigenvalue weighted by Crippen LogP contribution is 2.19. The van der Waals surface area contributed by atoms with Crippen molar-refractivity contribution in [3.63, 3.8) is 0 Å². The molecule has 2 aliphatic rings. The summed E-state index contributed by atoms with van der Waals surface area (Å²) in [7, 11) is 1.78. The molecule has 14 heteroatoms. The summed E-state index contributed by atoms with van der Waals surface area (Å²) in [4.78, 5) is 62.9. The number of aromatic nitrogens is 4. The van der Waals surface area contributed by atoms with Crippen LogP contribution in [0, 0.1) is 0 Å². The number of rotatable bonds is 1. The Bertz CT molecular complexity index is 1290. The van der Waals surface area contributed by atoms with Crippen molar-refractivity contribution < 1.29 is 33.2 Å². The Morgan fingerprint density at radius 3 is 1.54 bits per heavy atom. The maximum Gasteiger partial charge on any atom is 0.416 e. The molecule has 0 N–H and O–H groups in total. The summed E-state index contributed by atoms with van der Waals surface area (Å²) in [6.07, 6.45) is 5.66. The normalized spacial score (nSPS) is 16.6. The predicted molar refractivity (Wildman–Crippen MR) is 147 cm³/mol. The molecule has 0 bridgehead atoms. The molecule has 224 valence electrons. The van der Waals surface area contributed by atoms with Gasteiger partial charge in [0.05, 0.1) is 7.05 Å². The monoisotopic (exact) mass is 573 g/mol. The number of piperazine rings is 2. The van der Waals surface area contributed by atoms with Crippen molar-refractivity contribution in [1.29, 1.82) is 0 Å². The first-order valence-electron chi connectivity index (χ1n) is 13.8. The quantitative estimate of drug-likeness (QED) is 0.479. The van der Waals surface area contributed by atoms with Gasteiger partial charge >= 0.3 is 30.1 Å². The molecule has 2 aromatic heterocycles. The molecule has 2 aliphatic heterocycles. The maximum atomic E-state index is 13.6. The number of aryl methyl sites for hydroxylation is 1. The van der Waals surface area contributed by atoms with Crippen LogP contribution >= 0.6 is 0 Å². The van der Waals surface area contributed by atoms with Gasteiger partial charge in [-0.05, 0) is 41.5 Å². The highest BCUT2D eigenvalue weighted by atomic mass is 16.6. The number of carbonyl (C=O) groups excluding carboxylic acids is 4. The summed E-state index contributed by atoms with van der Waals surface area (Å²) in [6.45, 7) is 13.7. The van der Waals surface area contributed by atoms with Crippen LogP contribution in [-0.2, 0) is 16.5 Å². The zero-order valence-corrected chi connectivity index (χ0v) is 25.0. The second-order valence-electron chi connectivity index (χ2n) is 12.2. The van der Waals surface area contributed by atoms with Crippen LogP contribution in [0.3, 0.4) is 0 Å². The first kappa shape index (κ1) is 29.9. The molecule has 0 saturated carbocycles. The molecule has 41 heavy (non-hydrogen) atoms. The smallest absolute Gasteiger partial charge is 0.416 e. The third-order valence-corrected chi connectivity index (χ3v) is 6.66. The van der Waals surface area contributed by atoms with Crippen LogP contribution in [-0.4, -0.2) is 122 Å². The average Bonchev–Trinajstić information content (AvgIpc) is 3.52. The highest BCUT2D eigenvalue weighted by Gasteiger charge is 2.36. The van der Waals surface area contributed by atoms with E-state index in [1.54, 1.807) is 49.8 Å². The third kappa shape index (κ3) is 6.98. The van der Waals surface area contributed by atoms with Gasteiger partial charge in [0.2, 0.25) is 5.82 Å². The molecule has 2 fully saturated rings. The van der Waals surface area contributed by atoms with E-state index in [2.05, 4.69) is 4.98 Å². The highest BCUT2D eigenvalue weighted by molar-refractivity contribution is 5.84. The second kappa shape index (κ2) is 11.4. The molecule has 0 atom stereocenters. The summed E-state index contributed by atoms with van der Waals surface area (Å²) in [5, 5.41) is 0. The van der Waals surface area contributed by atoms with Crippen molar-refractivity contribution in [1.82, 2.24) is 33.7 Å². The first-order valence-corrected chi connectivity index (χ1v) is 13.8. The lowest BCUT2D eigenvalue weighted by atomic mass is 10.2. The fourth-order valence-electron chi connectivity index (χ4n) is 4.64. The zero-order chi connectivity index (χ0) is 30.1. The topological polar surface area (TPSA) is 126 Å². The number of hydrogen-bond acceptors (Lipinski definition) is 7. The number of hydrogen-bond donors (Lipinski definition) is 0. The molecule has 4 amide bonds. The number of nitrogens with zero attached hydrogens (tertiary/aromatic N) is 8. The van der Waals surface area contributed by atoms with Crippen LogP contribution in [0.25, 0.3) is 11.6 Å². The molecule has 0 unspecified atom stereocenters. The van der Waals surface area contributed by atoms with Gasteiger partial charge < -0.3 is 29.1 Å². The van der Waals surface area contributed by atoms with E-state index in [0.717, 1.165) is 0 Å². The van der Waals surface area contributed by atoms with Gasteiger partial charge in [0.25, 0.3) is 0 Å². The number of carbonyl (C=O) groups is 4. The summed E-state index contributed by atoms with van der Waals surface area (Å²) in [5.74, 6) is 0.758. The number of ether oxygens (including phenoxy) is 2. The van der Waals surface area contributed by atoms with Gasteiger partial charge in [-0.1, -0.05) is 0 Å². The van der Waals surface area contributed by atoms with Crippen molar-refractivity contribution in [2.45, 2.75) is 52.7 Å². The fraction of sp³-hybridized carbons (Fsp3) is 0.630. The summed E-state index contributed by atoms with van der Waals surface area (Å²) in [6, 6.07) is -0.579. The molecular weight excluding hydrogens is 532 g/mol. The predicted octanol–water partition coefficient (Wildman–Crippen LogP) is 2.22. The minimum absolute atomic E-state index is 0.280. The van der Waals surface area contributed by atoms with Crippen LogP contribution in [0.15, 0.2) is 24.8 Å². The van der Waals surface area contributed by atoms with Crippen molar-refractivity contribution in [3.05, 3.63) is 24.8 Å². The van der Waals surface area contributed by atoms with E-state index >= 15 is 0 Å². The average molecular weight is 574 g/mol. The molecule has 2 saturated heterocycles. The van der Waals surface area contributed by atoms with Crippen molar-refractivity contribution in [3.8, 4) is 11.6 Å². The minimum Gasteiger partial charge on any atom is -0.444 e. The maximum absolute atomic E-state index is 13.6. The zero-order valence-electron chi connectivity index (χ0n) is 25.0. The molecule has 0 aliphatic carbocycles.